The highest BCUT2D eigenvalue weighted by Crippen LogP contribution is 2.41. The van der Waals surface area contributed by atoms with Gasteiger partial charge in [-0.2, -0.15) is 0 Å². The molecule has 1 N–H and O–H groups in total. The maximum Gasteiger partial charge on any atom is 0.496 e. The summed E-state index contributed by atoms with van der Waals surface area (Å²) in [6.45, 7) is 14.2. The lowest BCUT2D eigenvalue weighted by atomic mass is 9.78. The highest BCUT2D eigenvalue weighted by molar-refractivity contribution is 6.66. The molecular formula is C20H28BClN4O3. The van der Waals surface area contributed by atoms with Crippen molar-refractivity contribution in [3.8, 4) is 5.75 Å². The zero-order valence-electron chi connectivity index (χ0n) is 17.9. The van der Waals surface area contributed by atoms with Gasteiger partial charge in [0.25, 0.3) is 0 Å². The third-order valence-electron chi connectivity index (χ3n) is 5.93. The van der Waals surface area contributed by atoms with Crippen LogP contribution in [0.25, 0.3) is 10.9 Å². The number of anilines is 1. The molecule has 9 heteroatoms. The van der Waals surface area contributed by atoms with E-state index in [-0.39, 0.29) is 0 Å². The molecule has 2 aliphatic rings. The van der Waals surface area contributed by atoms with Crippen molar-refractivity contribution in [3.63, 3.8) is 0 Å². The predicted octanol–water partition coefficient (Wildman–Crippen LogP) is 2.74. The molecule has 4 rings (SSSR count). The number of nitrogens with zero attached hydrogens (tertiary/aromatic N) is 3. The van der Waals surface area contributed by atoms with E-state index >= 15 is 0 Å². The van der Waals surface area contributed by atoms with Gasteiger partial charge in [0.15, 0.2) is 5.75 Å². The van der Waals surface area contributed by atoms with E-state index in [4.69, 9.17) is 25.6 Å². The molecule has 7 nitrogen and oxygen atoms in total. The summed E-state index contributed by atoms with van der Waals surface area (Å²) in [5, 5.41) is 4.75. The minimum Gasteiger partial charge on any atom is -0.489 e. The number of halogens is 1. The number of hydrogen-bond acceptors (Lipinski definition) is 7. The molecule has 0 amide bonds. The van der Waals surface area contributed by atoms with Gasteiger partial charge in [-0.25, -0.2) is 9.97 Å². The van der Waals surface area contributed by atoms with Crippen molar-refractivity contribution in [2.45, 2.75) is 58.8 Å². The van der Waals surface area contributed by atoms with Crippen LogP contribution in [0.1, 0.15) is 41.5 Å². The largest absolute Gasteiger partial charge is 0.496 e. The van der Waals surface area contributed by atoms with Gasteiger partial charge in [0.1, 0.15) is 18.8 Å². The van der Waals surface area contributed by atoms with Crippen molar-refractivity contribution >= 4 is 40.9 Å². The fourth-order valence-electron chi connectivity index (χ4n) is 3.50. The summed E-state index contributed by atoms with van der Waals surface area (Å²) in [6.07, 6.45) is 1.58. The van der Waals surface area contributed by atoms with Crippen LogP contribution >= 0.6 is 11.6 Å². The lowest BCUT2D eigenvalue weighted by molar-refractivity contribution is 0.00578. The lowest BCUT2D eigenvalue weighted by Crippen LogP contribution is -2.41. The molecule has 3 heterocycles. The summed E-state index contributed by atoms with van der Waals surface area (Å²) in [6, 6.07) is 2.29. The third-order valence-corrected chi connectivity index (χ3v) is 6.32. The smallest absolute Gasteiger partial charge is 0.489 e. The Labute approximate surface area is 177 Å². The van der Waals surface area contributed by atoms with Crippen LogP contribution in [0.2, 0.25) is 5.02 Å². The second-order valence-corrected chi connectivity index (χ2v) is 9.30. The zero-order chi connectivity index (χ0) is 21.0. The van der Waals surface area contributed by atoms with E-state index in [0.29, 0.717) is 36.6 Å². The molecule has 0 atom stereocenters. The minimum atomic E-state index is -0.586. The van der Waals surface area contributed by atoms with E-state index in [1.165, 1.54) is 0 Å². The van der Waals surface area contributed by atoms with Crippen LogP contribution in [0.15, 0.2) is 12.4 Å². The molecule has 29 heavy (non-hydrogen) atoms. The molecule has 1 fully saturated rings. The summed E-state index contributed by atoms with van der Waals surface area (Å²) in [4.78, 5) is 11.2. The Balaban J connectivity index is 1.80. The third kappa shape index (κ3) is 3.56. The first-order valence-electron chi connectivity index (χ1n) is 10.0. The SMILES string of the molecule is CC(C)NCN1CCOc2c(Cl)c(B3OC(C)(C)C(C)(C)O3)cc3ncnc1c23. The van der Waals surface area contributed by atoms with E-state index < -0.39 is 18.3 Å². The van der Waals surface area contributed by atoms with Gasteiger partial charge < -0.3 is 18.9 Å². The molecule has 1 aromatic heterocycles. The van der Waals surface area contributed by atoms with Gasteiger partial charge >= 0.3 is 7.12 Å². The molecule has 2 aromatic rings. The first-order valence-corrected chi connectivity index (χ1v) is 10.4. The predicted molar refractivity (Wildman–Crippen MR) is 116 cm³/mol. The summed E-state index contributed by atoms with van der Waals surface area (Å²) in [5.74, 6) is 1.41. The van der Waals surface area contributed by atoms with Crippen LogP contribution in [-0.4, -0.2) is 54.2 Å². The second-order valence-electron chi connectivity index (χ2n) is 8.92. The first-order chi connectivity index (χ1) is 13.6. The molecule has 156 valence electrons. The van der Waals surface area contributed by atoms with Crippen LogP contribution in [0.4, 0.5) is 5.82 Å². The minimum absolute atomic E-state index is 0.366. The van der Waals surface area contributed by atoms with Gasteiger partial charge in [-0.3, -0.25) is 5.32 Å². The maximum atomic E-state index is 6.83. The maximum absolute atomic E-state index is 6.83. The Hall–Kier alpha value is -1.61. The van der Waals surface area contributed by atoms with Crippen molar-refractivity contribution in [1.29, 1.82) is 0 Å². The Morgan fingerprint density at radius 2 is 1.90 bits per heavy atom. The fraction of sp³-hybridized carbons (Fsp3) is 0.600. The highest BCUT2D eigenvalue weighted by atomic mass is 35.5. The number of ether oxygens (including phenoxy) is 1. The monoisotopic (exact) mass is 418 g/mol. The Morgan fingerprint density at radius 1 is 1.21 bits per heavy atom. The standard InChI is InChI=1S/C20H28BClN4O3/c1-12(2)25-11-26-7-8-27-17-15-14(23-10-24-18(15)26)9-13(16(17)22)21-28-19(3,4)20(5,6)29-21/h9-10,12,25H,7-8,11H2,1-6H3. The quantitative estimate of drug-likeness (QED) is 0.766. The van der Waals surface area contributed by atoms with Crippen molar-refractivity contribution in [3.05, 3.63) is 17.4 Å². The Bertz CT molecular complexity index is 922. The average Bonchev–Trinajstić information content (AvgIpc) is 2.77. The van der Waals surface area contributed by atoms with Gasteiger partial charge in [0.05, 0.1) is 40.3 Å². The summed E-state index contributed by atoms with van der Waals surface area (Å²) < 4.78 is 18.5. The van der Waals surface area contributed by atoms with Gasteiger partial charge in [0, 0.05) is 11.5 Å². The molecule has 0 bridgehead atoms. The van der Waals surface area contributed by atoms with Gasteiger partial charge in [-0.1, -0.05) is 11.6 Å². The van der Waals surface area contributed by atoms with E-state index in [9.17, 15) is 0 Å². The van der Waals surface area contributed by atoms with Crippen LogP contribution < -0.4 is 20.4 Å². The molecule has 1 aromatic carbocycles. The van der Waals surface area contributed by atoms with Crippen LogP contribution in [0.3, 0.4) is 0 Å². The van der Waals surface area contributed by atoms with Crippen molar-refractivity contribution < 1.29 is 14.0 Å². The first kappa shape index (κ1) is 20.7. The molecule has 0 radical (unpaired) electrons. The molecule has 0 aliphatic carbocycles. The summed E-state index contributed by atoms with van der Waals surface area (Å²) in [7, 11) is -0.586. The summed E-state index contributed by atoms with van der Waals surface area (Å²) in [5.41, 5.74) is 0.573. The van der Waals surface area contributed by atoms with Crippen LogP contribution in [0.5, 0.6) is 5.75 Å². The van der Waals surface area contributed by atoms with E-state index in [1.807, 2.05) is 33.8 Å². The van der Waals surface area contributed by atoms with Crippen molar-refractivity contribution in [2.24, 2.45) is 0 Å². The molecule has 0 unspecified atom stereocenters. The fourth-order valence-corrected chi connectivity index (χ4v) is 3.79. The number of rotatable bonds is 4. The second kappa shape index (κ2) is 7.27. The lowest BCUT2D eigenvalue weighted by Gasteiger charge is -2.32. The van der Waals surface area contributed by atoms with Crippen LogP contribution in [-0.2, 0) is 9.31 Å². The average molecular weight is 419 g/mol. The summed E-state index contributed by atoms with van der Waals surface area (Å²) >= 11 is 6.83. The molecule has 1 saturated heterocycles. The van der Waals surface area contributed by atoms with Gasteiger partial charge in [0.2, 0.25) is 0 Å². The Kier molecular flexibility index (Phi) is 5.18. The topological polar surface area (TPSA) is 68.7 Å². The number of aromatic nitrogens is 2. The highest BCUT2D eigenvalue weighted by Gasteiger charge is 2.52. The van der Waals surface area contributed by atoms with E-state index in [2.05, 4.69) is 34.0 Å². The van der Waals surface area contributed by atoms with Gasteiger partial charge in [-0.15, -0.1) is 0 Å². The molecule has 2 aliphatic heterocycles. The van der Waals surface area contributed by atoms with E-state index in [1.54, 1.807) is 6.33 Å². The van der Waals surface area contributed by atoms with Crippen LogP contribution in [0, 0.1) is 0 Å². The number of nitrogens with one attached hydrogen (secondary N) is 1. The molecular weight excluding hydrogens is 391 g/mol. The van der Waals surface area contributed by atoms with E-state index in [0.717, 1.165) is 22.2 Å². The molecule has 0 spiro atoms. The van der Waals surface area contributed by atoms with Gasteiger partial charge in [-0.05, 0) is 47.6 Å². The zero-order valence-corrected chi connectivity index (χ0v) is 18.6. The van der Waals surface area contributed by atoms with Crippen molar-refractivity contribution in [2.75, 3.05) is 24.7 Å². The van der Waals surface area contributed by atoms with Crippen molar-refractivity contribution in [1.82, 2.24) is 15.3 Å². The number of benzene rings is 1. The Morgan fingerprint density at radius 3 is 2.55 bits per heavy atom. The molecule has 0 saturated carbocycles. The normalized spacial score (nSPS) is 20.3. The number of hydrogen-bond donors (Lipinski definition) is 1.